The van der Waals surface area contributed by atoms with Crippen molar-refractivity contribution in [3.63, 3.8) is 0 Å². The number of benzene rings is 1. The molecule has 1 atom stereocenters. The predicted octanol–water partition coefficient (Wildman–Crippen LogP) is -0.467. The molecule has 0 aliphatic carbocycles. The van der Waals surface area contributed by atoms with Crippen molar-refractivity contribution in [1.82, 2.24) is 4.90 Å². The van der Waals surface area contributed by atoms with Crippen molar-refractivity contribution in [2.24, 2.45) is 0 Å². The van der Waals surface area contributed by atoms with Crippen LogP contribution in [0.4, 0.5) is 13.2 Å². The molecule has 1 fully saturated rings. The van der Waals surface area contributed by atoms with Crippen LogP contribution in [0.1, 0.15) is 19.5 Å². The summed E-state index contributed by atoms with van der Waals surface area (Å²) in [7, 11) is 0. The smallest absolute Gasteiger partial charge is 1.00 e. The Balaban J connectivity index is 0.00000200. The third kappa shape index (κ3) is 4.17. The number of ether oxygens (including phenoxy) is 1. The van der Waals surface area contributed by atoms with Gasteiger partial charge < -0.3 is 11.3 Å². The molecule has 0 spiro atoms. The molecule has 8 heteroatoms. The van der Waals surface area contributed by atoms with Gasteiger partial charge in [0.2, 0.25) is 0 Å². The molecule has 0 saturated carbocycles. The Bertz CT molecular complexity index is 483. The van der Waals surface area contributed by atoms with Crippen molar-refractivity contribution in [3.05, 3.63) is 29.8 Å². The van der Waals surface area contributed by atoms with E-state index >= 15 is 0 Å². The van der Waals surface area contributed by atoms with E-state index in [2.05, 4.69) is 4.74 Å². The molecule has 1 N–H and O–H groups in total. The Labute approximate surface area is 127 Å². The molecule has 4 nitrogen and oxygen atoms in total. The number of carboxylic acid groups (broad SMARTS) is 1. The summed E-state index contributed by atoms with van der Waals surface area (Å²) in [5.74, 6) is -1.49. The van der Waals surface area contributed by atoms with Gasteiger partial charge in [-0.1, -0.05) is 12.1 Å². The monoisotopic (exact) mass is 283 g/mol. The van der Waals surface area contributed by atoms with Crippen LogP contribution in [0.5, 0.6) is 5.75 Å². The summed E-state index contributed by atoms with van der Waals surface area (Å²) in [6.45, 7) is 1.25. The maximum absolute atomic E-state index is 12.1. The van der Waals surface area contributed by atoms with E-state index in [4.69, 9.17) is 0 Å². The fourth-order valence-electron chi connectivity index (χ4n) is 1.99. The van der Waals surface area contributed by atoms with Gasteiger partial charge >= 0.3 is 31.2 Å². The Morgan fingerprint density at radius 1 is 1.40 bits per heavy atom. The quantitative estimate of drug-likeness (QED) is 0.759. The molecule has 1 aliphatic rings. The largest absolute Gasteiger partial charge is 1.00 e. The van der Waals surface area contributed by atoms with Gasteiger partial charge in [-0.15, -0.1) is 13.2 Å². The van der Waals surface area contributed by atoms with Crippen LogP contribution in [-0.2, 0) is 4.79 Å². The SMILES string of the molecule is O=C(O)C(c1cccc(OC(F)(F)F)c1)N1CCC1.[H-].[Li+]. The number of nitrogens with zero attached hydrogens (tertiary/aromatic N) is 1. The number of halogens is 3. The molecule has 2 rings (SSSR count). The zero-order valence-corrected chi connectivity index (χ0v) is 10.9. The molecule has 1 unspecified atom stereocenters. The molecule has 1 aliphatic heterocycles. The first-order chi connectivity index (χ1) is 8.87. The number of carbonyl (C=O) groups is 1. The molecule has 0 radical (unpaired) electrons. The average molecular weight is 283 g/mol. The Kier molecular flexibility index (Phi) is 5.51. The van der Waals surface area contributed by atoms with Gasteiger partial charge in [0.15, 0.2) is 0 Å². The summed E-state index contributed by atoms with van der Waals surface area (Å²) >= 11 is 0. The Morgan fingerprint density at radius 2 is 2.05 bits per heavy atom. The molecule has 0 bridgehead atoms. The van der Waals surface area contributed by atoms with E-state index < -0.39 is 24.1 Å². The van der Waals surface area contributed by atoms with Crippen molar-refractivity contribution in [3.8, 4) is 5.75 Å². The molecule has 1 aromatic rings. The summed E-state index contributed by atoms with van der Waals surface area (Å²) in [6, 6.07) is 4.17. The van der Waals surface area contributed by atoms with Crippen LogP contribution in [0.3, 0.4) is 0 Å². The van der Waals surface area contributed by atoms with Gasteiger partial charge in [0.05, 0.1) is 0 Å². The molecule has 1 aromatic carbocycles. The fraction of sp³-hybridized carbons (Fsp3) is 0.417. The first-order valence-electron chi connectivity index (χ1n) is 5.69. The number of likely N-dealkylation sites (tertiary alicyclic amines) is 1. The number of alkyl halides is 3. The van der Waals surface area contributed by atoms with Crippen LogP contribution >= 0.6 is 0 Å². The van der Waals surface area contributed by atoms with Crippen molar-refractivity contribution < 1.29 is 48.1 Å². The van der Waals surface area contributed by atoms with Crippen LogP contribution in [-0.4, -0.2) is 35.4 Å². The van der Waals surface area contributed by atoms with E-state index in [-0.39, 0.29) is 25.9 Å². The van der Waals surface area contributed by atoms with E-state index in [0.717, 1.165) is 18.6 Å². The number of carboxylic acids is 1. The second-order valence-electron chi connectivity index (χ2n) is 4.25. The third-order valence-electron chi connectivity index (χ3n) is 2.90. The Morgan fingerprint density at radius 3 is 2.50 bits per heavy atom. The molecule has 0 aromatic heterocycles. The Hall–Kier alpha value is -1.16. The normalized spacial score (nSPS) is 16.8. The summed E-state index contributed by atoms with van der Waals surface area (Å²) in [5, 5.41) is 9.18. The minimum atomic E-state index is -4.78. The van der Waals surface area contributed by atoms with Crippen molar-refractivity contribution in [2.75, 3.05) is 13.1 Å². The van der Waals surface area contributed by atoms with Gasteiger partial charge in [0.25, 0.3) is 0 Å². The average Bonchev–Trinajstić information content (AvgIpc) is 2.20. The summed E-state index contributed by atoms with van der Waals surface area (Å²) in [5.41, 5.74) is 0.286. The van der Waals surface area contributed by atoms with Crippen molar-refractivity contribution in [1.29, 1.82) is 0 Å². The first kappa shape index (κ1) is 16.9. The fourth-order valence-corrected chi connectivity index (χ4v) is 1.99. The van der Waals surface area contributed by atoms with E-state index in [1.807, 2.05) is 0 Å². The van der Waals surface area contributed by atoms with Gasteiger partial charge in [-0.2, -0.15) is 0 Å². The molecule has 1 saturated heterocycles. The number of rotatable bonds is 4. The van der Waals surface area contributed by atoms with Crippen LogP contribution in [0.15, 0.2) is 24.3 Å². The molecule has 20 heavy (non-hydrogen) atoms. The van der Waals surface area contributed by atoms with Crippen LogP contribution in [0, 0.1) is 0 Å². The zero-order chi connectivity index (χ0) is 14.0. The summed E-state index contributed by atoms with van der Waals surface area (Å²) in [6.07, 6.45) is -3.89. The predicted molar refractivity (Wildman–Crippen MR) is 60.8 cm³/mol. The number of aliphatic carboxylic acids is 1. The minimum absolute atomic E-state index is 0. The van der Waals surface area contributed by atoms with Crippen LogP contribution < -0.4 is 23.6 Å². The summed E-state index contributed by atoms with van der Waals surface area (Å²) < 4.78 is 40.2. The second kappa shape index (κ2) is 6.53. The van der Waals surface area contributed by atoms with Gasteiger partial charge in [0.1, 0.15) is 11.8 Å². The van der Waals surface area contributed by atoms with Crippen molar-refractivity contribution in [2.45, 2.75) is 18.8 Å². The molecule has 1 heterocycles. The van der Waals surface area contributed by atoms with Gasteiger partial charge in [0, 0.05) is 13.1 Å². The van der Waals surface area contributed by atoms with Gasteiger partial charge in [-0.3, -0.25) is 9.69 Å². The van der Waals surface area contributed by atoms with E-state index in [0.29, 0.717) is 13.1 Å². The summed E-state index contributed by atoms with van der Waals surface area (Å²) in [4.78, 5) is 12.9. The third-order valence-corrected chi connectivity index (χ3v) is 2.90. The maximum atomic E-state index is 12.1. The van der Waals surface area contributed by atoms with Crippen LogP contribution in [0.2, 0.25) is 0 Å². The van der Waals surface area contributed by atoms with Crippen LogP contribution in [0.25, 0.3) is 0 Å². The molecule has 0 amide bonds. The molecular weight excluding hydrogens is 270 g/mol. The minimum Gasteiger partial charge on any atom is -1.00 e. The zero-order valence-electron chi connectivity index (χ0n) is 11.9. The topological polar surface area (TPSA) is 49.8 Å². The number of hydrogen-bond acceptors (Lipinski definition) is 3. The first-order valence-corrected chi connectivity index (χ1v) is 5.69. The second-order valence-corrected chi connectivity index (χ2v) is 4.25. The number of hydrogen-bond donors (Lipinski definition) is 1. The van der Waals surface area contributed by atoms with E-state index in [1.165, 1.54) is 12.1 Å². The van der Waals surface area contributed by atoms with Crippen molar-refractivity contribution >= 4 is 5.97 Å². The standard InChI is InChI=1S/C12H12F3NO3.Li.H/c13-12(14,15)19-9-4-1-3-8(7-9)10(11(17)18)16-5-2-6-16;;/h1,3-4,7,10H,2,5-6H2,(H,17,18);;/q;+1;-1. The van der Waals surface area contributed by atoms with Gasteiger partial charge in [-0.25, -0.2) is 0 Å². The van der Waals surface area contributed by atoms with E-state index in [1.54, 1.807) is 4.90 Å². The molecule has 106 valence electrons. The maximum Gasteiger partial charge on any atom is 1.00 e. The molecular formula is C12H13F3LiNO3. The van der Waals surface area contributed by atoms with Gasteiger partial charge in [-0.05, 0) is 24.1 Å². The van der Waals surface area contributed by atoms with E-state index in [9.17, 15) is 23.1 Å².